The highest BCUT2D eigenvalue weighted by Crippen LogP contribution is 2.19. The summed E-state index contributed by atoms with van der Waals surface area (Å²) in [6.07, 6.45) is 4.06. The summed E-state index contributed by atoms with van der Waals surface area (Å²) < 4.78 is 0. The van der Waals surface area contributed by atoms with Gasteiger partial charge in [0.15, 0.2) is 4.98 Å². The number of diazo groups is 1. The second-order valence-corrected chi connectivity index (χ2v) is 3.17. The van der Waals surface area contributed by atoms with Crippen LogP contribution in [-0.2, 0) is 0 Å². The van der Waals surface area contributed by atoms with E-state index in [9.17, 15) is 0 Å². The van der Waals surface area contributed by atoms with Crippen LogP contribution < -0.4 is 4.90 Å². The lowest BCUT2D eigenvalue weighted by Crippen LogP contribution is -2.18. The fraction of sp³-hybridized carbons (Fsp3) is 0.444. The van der Waals surface area contributed by atoms with Crippen molar-refractivity contribution in [1.29, 1.82) is 5.39 Å². The third-order valence-electron chi connectivity index (χ3n) is 2.28. The number of hydrogen-bond acceptors (Lipinski definition) is 3. The molecule has 0 saturated carbocycles. The quantitative estimate of drug-likeness (QED) is 0.614. The lowest BCUT2D eigenvalue weighted by molar-refractivity contribution is 0.938. The molecule has 4 nitrogen and oxygen atoms in total. The summed E-state index contributed by atoms with van der Waals surface area (Å²) in [6.45, 7) is 2.17. The van der Waals surface area contributed by atoms with E-state index in [2.05, 4.69) is 14.9 Å². The Bertz CT molecular complexity index is 318. The largest absolute Gasteiger partial charge is 0.403 e. The topological polar surface area (TPSA) is 44.3 Å². The predicted molar refractivity (Wildman–Crippen MR) is 50.4 cm³/mol. The normalized spacial score (nSPS) is 15.8. The maximum absolute atomic E-state index is 8.47. The fourth-order valence-electron chi connectivity index (χ4n) is 1.57. The summed E-state index contributed by atoms with van der Waals surface area (Å²) in [6, 6.07) is 3.65. The van der Waals surface area contributed by atoms with Gasteiger partial charge in [0.1, 0.15) is 12.0 Å². The second-order valence-electron chi connectivity index (χ2n) is 3.17. The highest BCUT2D eigenvalue weighted by molar-refractivity contribution is 5.48. The Hall–Kier alpha value is -1.63. The van der Waals surface area contributed by atoms with Gasteiger partial charge in [-0.25, -0.2) is 4.98 Å². The number of pyridine rings is 1. The van der Waals surface area contributed by atoms with Crippen LogP contribution in [0.15, 0.2) is 18.3 Å². The second kappa shape index (κ2) is 3.40. The van der Waals surface area contributed by atoms with Crippen LogP contribution in [0, 0.1) is 5.39 Å². The Morgan fingerprint density at radius 2 is 2.08 bits per heavy atom. The molecule has 1 aliphatic rings. The molecule has 0 unspecified atom stereocenters. The Labute approximate surface area is 76.8 Å². The molecule has 1 aromatic heterocycles. The van der Waals surface area contributed by atoms with Crippen LogP contribution in [0.25, 0.3) is 4.98 Å². The van der Waals surface area contributed by atoms with E-state index in [0.717, 1.165) is 18.9 Å². The number of anilines is 1. The van der Waals surface area contributed by atoms with Crippen molar-refractivity contribution < 1.29 is 0 Å². The highest BCUT2D eigenvalue weighted by Gasteiger charge is 2.14. The van der Waals surface area contributed by atoms with Gasteiger partial charge in [-0.15, -0.1) is 0 Å². The molecule has 0 amide bonds. The molecular formula is C9H11N4+. The molecule has 4 heteroatoms. The van der Waals surface area contributed by atoms with Crippen molar-refractivity contribution in [2.75, 3.05) is 18.0 Å². The molecule has 13 heavy (non-hydrogen) atoms. The van der Waals surface area contributed by atoms with Gasteiger partial charge in [-0.05, 0) is 18.9 Å². The van der Waals surface area contributed by atoms with Crippen LogP contribution in [0.3, 0.4) is 0 Å². The zero-order chi connectivity index (χ0) is 9.10. The van der Waals surface area contributed by atoms with Gasteiger partial charge in [0.25, 0.3) is 0 Å². The van der Waals surface area contributed by atoms with Crippen molar-refractivity contribution in [3.8, 4) is 0 Å². The minimum atomic E-state index is 0.503. The van der Waals surface area contributed by atoms with Gasteiger partial charge in [-0.1, -0.05) is 0 Å². The predicted octanol–water partition coefficient (Wildman–Crippen LogP) is 2.17. The van der Waals surface area contributed by atoms with E-state index in [0.29, 0.717) is 5.69 Å². The van der Waals surface area contributed by atoms with Crippen molar-refractivity contribution in [2.45, 2.75) is 12.8 Å². The number of aromatic nitrogens is 1. The molecule has 2 heterocycles. The van der Waals surface area contributed by atoms with E-state index in [1.165, 1.54) is 12.8 Å². The average Bonchev–Trinajstić information content (AvgIpc) is 2.71. The molecule has 0 N–H and O–H groups in total. The molecule has 1 fully saturated rings. The monoisotopic (exact) mass is 175 g/mol. The third-order valence-corrected chi connectivity index (χ3v) is 2.28. The first-order valence-electron chi connectivity index (χ1n) is 4.46. The highest BCUT2D eigenvalue weighted by atomic mass is 15.2. The molecule has 66 valence electrons. The Kier molecular flexibility index (Phi) is 2.09. The third kappa shape index (κ3) is 1.59. The Morgan fingerprint density at radius 1 is 1.31 bits per heavy atom. The van der Waals surface area contributed by atoms with Crippen LogP contribution >= 0.6 is 0 Å². The maximum Gasteiger partial charge on any atom is 0.403 e. The summed E-state index contributed by atoms with van der Waals surface area (Å²) in [4.78, 5) is 9.50. The first-order valence-corrected chi connectivity index (χ1v) is 4.46. The van der Waals surface area contributed by atoms with Crippen LogP contribution in [0.5, 0.6) is 0 Å². The summed E-state index contributed by atoms with van der Waals surface area (Å²) in [5.41, 5.74) is 0.503. The molecule has 2 rings (SSSR count). The van der Waals surface area contributed by atoms with Gasteiger partial charge in [0.2, 0.25) is 5.39 Å². The summed E-state index contributed by atoms with van der Waals surface area (Å²) in [7, 11) is 0. The van der Waals surface area contributed by atoms with Crippen molar-refractivity contribution in [2.24, 2.45) is 0 Å². The molecule has 0 aliphatic carbocycles. The van der Waals surface area contributed by atoms with Crippen molar-refractivity contribution in [3.05, 3.63) is 23.3 Å². The van der Waals surface area contributed by atoms with Crippen molar-refractivity contribution >= 4 is 11.5 Å². The van der Waals surface area contributed by atoms with Crippen molar-refractivity contribution in [1.82, 2.24) is 4.98 Å². The van der Waals surface area contributed by atoms with Gasteiger partial charge in [-0.3, -0.25) is 0 Å². The van der Waals surface area contributed by atoms with Gasteiger partial charge >= 0.3 is 5.69 Å². The molecule has 1 aromatic rings. The van der Waals surface area contributed by atoms with Gasteiger partial charge in [0, 0.05) is 19.2 Å². The average molecular weight is 175 g/mol. The number of nitrogens with zero attached hydrogens (tertiary/aromatic N) is 4. The van der Waals surface area contributed by atoms with Crippen LogP contribution in [0.4, 0.5) is 11.5 Å². The Morgan fingerprint density at radius 3 is 2.62 bits per heavy atom. The fourth-order valence-corrected chi connectivity index (χ4v) is 1.57. The molecule has 0 bridgehead atoms. The molecule has 0 aromatic carbocycles. The smallest absolute Gasteiger partial charge is 0.357 e. The zero-order valence-electron chi connectivity index (χ0n) is 7.35. The first-order chi connectivity index (χ1) is 6.40. The zero-order valence-corrected chi connectivity index (χ0v) is 7.35. The minimum Gasteiger partial charge on any atom is -0.357 e. The minimum absolute atomic E-state index is 0.503. The summed E-state index contributed by atoms with van der Waals surface area (Å²) in [5.74, 6) is 0.977. The lowest BCUT2D eigenvalue weighted by Gasteiger charge is -2.14. The van der Waals surface area contributed by atoms with E-state index in [-0.39, 0.29) is 0 Å². The van der Waals surface area contributed by atoms with E-state index in [4.69, 9.17) is 5.39 Å². The number of rotatable bonds is 1. The molecular weight excluding hydrogens is 164 g/mol. The Balaban J connectivity index is 2.18. The van der Waals surface area contributed by atoms with Crippen molar-refractivity contribution in [3.63, 3.8) is 0 Å². The molecule has 1 aliphatic heterocycles. The molecule has 0 spiro atoms. The van der Waals surface area contributed by atoms with Gasteiger partial charge in [-0.2, -0.15) is 0 Å². The standard InChI is InChI=1S/C9H11N4/c10-12-8-3-4-9(11-7-8)13-5-1-2-6-13/h3-4,7H,1-2,5-6H2/q+1. The first kappa shape index (κ1) is 7.99. The molecule has 0 atom stereocenters. The SMILES string of the molecule is N#[N+]c1ccc(N2CCCC2)nc1. The number of hydrogen-bond donors (Lipinski definition) is 0. The van der Waals surface area contributed by atoms with E-state index < -0.39 is 0 Å². The summed E-state index contributed by atoms with van der Waals surface area (Å²) in [5, 5.41) is 8.47. The van der Waals surface area contributed by atoms with E-state index >= 15 is 0 Å². The van der Waals surface area contributed by atoms with E-state index in [1.54, 1.807) is 12.3 Å². The van der Waals surface area contributed by atoms with Crippen LogP contribution in [-0.4, -0.2) is 18.1 Å². The maximum atomic E-state index is 8.47. The summed E-state index contributed by atoms with van der Waals surface area (Å²) >= 11 is 0. The molecule has 1 saturated heterocycles. The van der Waals surface area contributed by atoms with Gasteiger partial charge < -0.3 is 4.90 Å². The van der Waals surface area contributed by atoms with E-state index in [1.807, 2.05) is 6.07 Å². The van der Waals surface area contributed by atoms with Crippen LogP contribution in [0.2, 0.25) is 0 Å². The lowest BCUT2D eigenvalue weighted by atomic mass is 10.4. The van der Waals surface area contributed by atoms with Gasteiger partial charge in [0.05, 0.1) is 0 Å². The molecule has 0 radical (unpaired) electrons. The van der Waals surface area contributed by atoms with Crippen LogP contribution in [0.1, 0.15) is 12.8 Å².